The molecule has 0 aliphatic heterocycles. The van der Waals surface area contributed by atoms with Gasteiger partial charge < -0.3 is 0 Å². The third kappa shape index (κ3) is 9.44. The van der Waals surface area contributed by atoms with Gasteiger partial charge in [0.1, 0.15) is 112 Å². The fourth-order valence-corrected chi connectivity index (χ4v) is 14.2. The van der Waals surface area contributed by atoms with Gasteiger partial charge in [-0.1, -0.05) is 90.1 Å². The van der Waals surface area contributed by atoms with Crippen LogP contribution in [0.3, 0.4) is 0 Å². The number of pyridine rings is 8. The second-order valence-electron chi connectivity index (χ2n) is 27.8. The number of benzene rings is 6. The Morgan fingerprint density at radius 3 is 0.471 bits per heavy atom. The normalized spacial score (nSPS) is 12.3. The van der Waals surface area contributed by atoms with Gasteiger partial charge in [-0.25, -0.2) is 59.8 Å². The molecular formula is C84H54N20. The maximum atomic E-state index is 5.99. The number of nitrogens with zero attached hydrogens (tertiary/aromatic N) is 20. The van der Waals surface area contributed by atoms with Crippen LogP contribution in [-0.4, -0.2) is 99.7 Å². The van der Waals surface area contributed by atoms with E-state index in [9.17, 15) is 0 Å². The zero-order chi connectivity index (χ0) is 69.7. The largest absolute Gasteiger partial charge is 0.255 e. The smallest absolute Gasteiger partial charge is 0.120 e. The molecule has 0 radical (unpaired) electrons. The molecule has 0 amide bonds. The fourth-order valence-electron chi connectivity index (χ4n) is 14.2. The summed E-state index contributed by atoms with van der Waals surface area (Å²) in [7, 11) is 0. The summed E-state index contributed by atoms with van der Waals surface area (Å²) >= 11 is 0. The van der Waals surface area contributed by atoms with Crippen LogP contribution in [0, 0.1) is 0 Å². The molecule has 0 N–H and O–H groups in total. The van der Waals surface area contributed by atoms with Crippen molar-refractivity contribution in [2.45, 2.75) is 52.4 Å². The van der Waals surface area contributed by atoms with Crippen molar-refractivity contribution >= 4 is 121 Å². The Hall–Kier alpha value is -13.9. The van der Waals surface area contributed by atoms with Crippen LogP contribution in [0.5, 0.6) is 0 Å². The number of hydrogen-bond donors (Lipinski definition) is 0. The molecule has 6 aromatic carbocycles. The van der Waals surface area contributed by atoms with E-state index >= 15 is 0 Å². The highest BCUT2D eigenvalue weighted by Gasteiger charge is 2.32. The molecule has 14 aromatic heterocycles. The molecule has 20 aromatic rings. The Labute approximate surface area is 591 Å². The Kier molecular flexibility index (Phi) is 13.2. The highest BCUT2D eigenvalue weighted by atomic mass is 15.0. The number of aromatic nitrogens is 20. The van der Waals surface area contributed by atoms with Gasteiger partial charge in [-0.05, 0) is 143 Å². The summed E-state index contributed by atoms with van der Waals surface area (Å²) in [4.78, 5) is 108. The maximum Gasteiger partial charge on any atom is 0.120 e. The van der Waals surface area contributed by atoms with Crippen molar-refractivity contribution in [2.24, 2.45) is 0 Å². The average Bonchev–Trinajstić information content (AvgIpc) is 0.684. The van der Waals surface area contributed by atoms with Gasteiger partial charge in [0.05, 0.1) is 67.6 Å². The second kappa shape index (κ2) is 22.8. The van der Waals surface area contributed by atoms with E-state index in [-0.39, 0.29) is 0 Å². The Morgan fingerprint density at radius 1 is 0.183 bits per heavy atom. The molecule has 0 spiro atoms. The summed E-state index contributed by atoms with van der Waals surface area (Å²) in [6.07, 6.45) is 14.0. The minimum atomic E-state index is -0.426. The van der Waals surface area contributed by atoms with Gasteiger partial charge in [0.2, 0.25) is 0 Å². The summed E-state index contributed by atoms with van der Waals surface area (Å²) in [6, 6.07) is 55.0. The van der Waals surface area contributed by atoms with Crippen LogP contribution < -0.4 is 0 Å². The average molecular weight is 1340 g/mol. The van der Waals surface area contributed by atoms with Crippen LogP contribution in [0.25, 0.3) is 212 Å². The van der Waals surface area contributed by atoms with Gasteiger partial charge in [0.25, 0.3) is 0 Å². The minimum Gasteiger partial charge on any atom is -0.255 e. The van der Waals surface area contributed by atoms with Crippen LogP contribution >= 0.6 is 0 Å². The Balaban J connectivity index is 0.995. The first kappa shape index (κ1) is 60.1. The SMILES string of the molecule is CC(C)(C)c1cc2c3nc4c5nc(-c6ccccn6)c(-c6ccccn6)nc5c5nc(-c6ccccn6)c(-c6ccccn6)nc5c4nc3c3cc(C(C)(C)C)cc4c5nc6c7nc(-c8ccccn8)c(-c8ccccn8)nc7c7nc(-c8ccccn8)c(-c8ccccn8)nc7c6nc5c(c1)c2c34. The van der Waals surface area contributed by atoms with Crippen LogP contribution in [0.1, 0.15) is 52.7 Å². The molecule has 0 fully saturated rings. The van der Waals surface area contributed by atoms with E-state index in [1.165, 1.54) is 0 Å². The minimum absolute atomic E-state index is 0.426. The predicted molar refractivity (Wildman–Crippen MR) is 407 cm³/mol. The lowest BCUT2D eigenvalue weighted by molar-refractivity contribution is 0.591. The topological polar surface area (TPSA) is 258 Å². The van der Waals surface area contributed by atoms with Crippen molar-refractivity contribution in [3.05, 3.63) is 231 Å². The molecule has 0 unspecified atom stereocenters. The van der Waals surface area contributed by atoms with Crippen LogP contribution in [0.15, 0.2) is 219 Å². The summed E-state index contributed by atoms with van der Waals surface area (Å²) in [5.41, 5.74) is 17.7. The third-order valence-corrected chi connectivity index (χ3v) is 19.3. The van der Waals surface area contributed by atoms with Crippen LogP contribution in [0.4, 0.5) is 0 Å². The quantitative estimate of drug-likeness (QED) is 0.101. The first-order valence-corrected chi connectivity index (χ1v) is 34.1. The molecule has 490 valence electrons. The summed E-state index contributed by atoms with van der Waals surface area (Å²) in [5.74, 6) is 0. The van der Waals surface area contributed by atoms with Crippen molar-refractivity contribution in [3.63, 3.8) is 0 Å². The van der Waals surface area contributed by atoms with Crippen molar-refractivity contribution in [2.75, 3.05) is 0 Å². The lowest BCUT2D eigenvalue weighted by Gasteiger charge is -2.25. The number of rotatable bonds is 8. The molecule has 20 nitrogen and oxygen atoms in total. The molecule has 104 heavy (non-hydrogen) atoms. The molecule has 20 rings (SSSR count). The van der Waals surface area contributed by atoms with E-state index in [2.05, 4.69) is 65.8 Å². The lowest BCUT2D eigenvalue weighted by atomic mass is 9.80. The molecule has 0 aliphatic carbocycles. The van der Waals surface area contributed by atoms with Crippen molar-refractivity contribution in [3.8, 4) is 91.1 Å². The zero-order valence-electron chi connectivity index (χ0n) is 56.7. The summed E-state index contributed by atoms with van der Waals surface area (Å²) in [5, 5.41) is 5.22. The highest BCUT2D eigenvalue weighted by Crippen LogP contribution is 2.50. The molecule has 0 saturated carbocycles. The van der Waals surface area contributed by atoms with Crippen LogP contribution in [-0.2, 0) is 10.8 Å². The highest BCUT2D eigenvalue weighted by molar-refractivity contribution is 6.40. The number of hydrogen-bond acceptors (Lipinski definition) is 20. The molecule has 0 saturated heterocycles. The van der Waals surface area contributed by atoms with E-state index in [4.69, 9.17) is 99.7 Å². The van der Waals surface area contributed by atoms with Crippen molar-refractivity contribution in [1.82, 2.24) is 99.7 Å². The monoisotopic (exact) mass is 1340 g/mol. The fraction of sp³-hybridized carbons (Fsp3) is 0.0952. The van der Waals surface area contributed by atoms with E-state index < -0.39 is 10.8 Å². The van der Waals surface area contributed by atoms with Gasteiger partial charge in [0, 0.05) is 81.9 Å². The van der Waals surface area contributed by atoms with Gasteiger partial charge in [0.15, 0.2) is 0 Å². The van der Waals surface area contributed by atoms with Gasteiger partial charge in [-0.15, -0.1) is 0 Å². The number of fused-ring (bicyclic) bond motifs is 18. The first-order valence-electron chi connectivity index (χ1n) is 34.1. The van der Waals surface area contributed by atoms with Crippen molar-refractivity contribution < 1.29 is 0 Å². The van der Waals surface area contributed by atoms with Gasteiger partial charge >= 0.3 is 0 Å². The molecule has 0 atom stereocenters. The molecular weight excluding hydrogens is 1290 g/mol. The maximum absolute atomic E-state index is 5.99. The Bertz CT molecular complexity index is 6120. The Morgan fingerprint density at radius 2 is 0.337 bits per heavy atom. The van der Waals surface area contributed by atoms with Crippen LogP contribution in [0.2, 0.25) is 0 Å². The van der Waals surface area contributed by atoms with E-state index in [1.54, 1.807) is 49.6 Å². The molecule has 0 aliphatic rings. The zero-order valence-corrected chi connectivity index (χ0v) is 56.7. The van der Waals surface area contributed by atoms with Gasteiger partial charge in [-0.2, -0.15) is 0 Å². The lowest BCUT2D eigenvalue weighted by Crippen LogP contribution is -2.12. The first-order chi connectivity index (χ1) is 50.8. The molecule has 14 heterocycles. The molecule has 20 heteroatoms. The van der Waals surface area contributed by atoms with E-state index in [0.29, 0.717) is 179 Å². The second-order valence-corrected chi connectivity index (χ2v) is 27.8. The third-order valence-electron chi connectivity index (χ3n) is 19.3. The summed E-state index contributed by atoms with van der Waals surface area (Å²) in [6.45, 7) is 13.3. The predicted octanol–water partition coefficient (Wildman–Crippen LogP) is 17.6. The summed E-state index contributed by atoms with van der Waals surface area (Å²) < 4.78 is 0. The standard InChI is InChI=1S/C84H54N20/c1-83(2,3)43-39-45-57-46(40-43)60-62(96-74-72(94-60)76-80(102-68(54-28-12-20-36-90-54)64(98-76)50-24-8-16-32-86-50)82-78(74)100-66(52-26-10-18-34-88-52)70(104-82)56-30-14-22-38-92-56)48-42-44(84(4,5)6)41-47(58(48)57)61-59(45)93-71-73(95-61)77-81(103-69(55-29-13-21-37-91-55)65(99-77)51-25-9-17-33-87-51)79-75(71)97-63(49-23-7-15-31-85-49)67(101-79)53-27-11-19-35-89-53/h7-42H,1-6H3. The van der Waals surface area contributed by atoms with E-state index in [0.717, 1.165) is 43.4 Å². The molecule has 0 bridgehead atoms. The van der Waals surface area contributed by atoms with E-state index in [1.807, 2.05) is 146 Å². The van der Waals surface area contributed by atoms with Crippen molar-refractivity contribution in [1.29, 1.82) is 0 Å². The van der Waals surface area contributed by atoms with Gasteiger partial charge in [-0.3, -0.25) is 39.9 Å².